The Hall–Kier alpha value is -2.54. The van der Waals surface area contributed by atoms with E-state index in [9.17, 15) is 8.42 Å². The van der Waals surface area contributed by atoms with Gasteiger partial charge in [-0.25, -0.2) is 13.4 Å². The number of anilines is 1. The van der Waals surface area contributed by atoms with E-state index in [0.29, 0.717) is 5.69 Å². The molecule has 0 unspecified atom stereocenters. The van der Waals surface area contributed by atoms with E-state index in [0.717, 1.165) is 30.8 Å². The highest BCUT2D eigenvalue weighted by atomic mass is 32.2. The molecule has 3 heterocycles. The summed E-state index contributed by atoms with van der Waals surface area (Å²) in [6.45, 7) is 0.910. The van der Waals surface area contributed by atoms with E-state index in [1.807, 2.05) is 18.3 Å². The third kappa shape index (κ3) is 2.60. The van der Waals surface area contributed by atoms with E-state index < -0.39 is 10.0 Å². The molecule has 0 atom stereocenters. The maximum Gasteiger partial charge on any atom is 0.265 e. The minimum Gasteiger partial charge on any atom is -0.471 e. The molecule has 3 aromatic rings. The number of furan rings is 1. The van der Waals surface area contributed by atoms with Gasteiger partial charge in [0.05, 0.1) is 12.0 Å². The van der Waals surface area contributed by atoms with Gasteiger partial charge in [-0.3, -0.25) is 4.72 Å². The number of hydrogen-bond donors (Lipinski definition) is 1. The number of benzene rings is 1. The van der Waals surface area contributed by atoms with Gasteiger partial charge in [-0.15, -0.1) is 0 Å². The lowest BCUT2D eigenvalue weighted by Gasteiger charge is -2.18. The highest BCUT2D eigenvalue weighted by Crippen LogP contribution is 2.31. The van der Waals surface area contributed by atoms with Gasteiger partial charge in [-0.1, -0.05) is 12.1 Å². The molecule has 0 aliphatic carbocycles. The second kappa shape index (κ2) is 5.83. The van der Waals surface area contributed by atoms with Crippen molar-refractivity contribution in [1.29, 1.82) is 0 Å². The second-order valence-corrected chi connectivity index (χ2v) is 7.47. The SMILES string of the molecule is O=S(=O)(Nc1ccccc1-c1ncc2n1CCCC2)c1ccoc1. The first-order chi connectivity index (χ1) is 11.6. The smallest absolute Gasteiger partial charge is 0.265 e. The fourth-order valence-corrected chi connectivity index (χ4v) is 4.03. The van der Waals surface area contributed by atoms with E-state index in [1.165, 1.54) is 30.7 Å². The number of nitrogens with one attached hydrogen (secondary N) is 1. The third-order valence-electron chi connectivity index (χ3n) is 4.22. The average molecular weight is 343 g/mol. The van der Waals surface area contributed by atoms with Crippen molar-refractivity contribution in [2.24, 2.45) is 0 Å². The molecule has 7 heteroatoms. The van der Waals surface area contributed by atoms with Gasteiger partial charge in [-0.2, -0.15) is 0 Å². The molecular weight excluding hydrogens is 326 g/mol. The van der Waals surface area contributed by atoms with E-state index in [-0.39, 0.29) is 4.90 Å². The summed E-state index contributed by atoms with van der Waals surface area (Å²) in [7, 11) is -3.69. The lowest BCUT2D eigenvalue weighted by molar-refractivity contribution is 0.536. The van der Waals surface area contributed by atoms with Gasteiger partial charge in [0.2, 0.25) is 0 Å². The summed E-state index contributed by atoms with van der Waals surface area (Å²) < 4.78 is 34.6. The van der Waals surface area contributed by atoms with Gasteiger partial charge in [0, 0.05) is 24.0 Å². The Kier molecular flexibility index (Phi) is 3.65. The van der Waals surface area contributed by atoms with Crippen LogP contribution in [0.1, 0.15) is 18.5 Å². The largest absolute Gasteiger partial charge is 0.471 e. The van der Waals surface area contributed by atoms with Crippen LogP contribution < -0.4 is 4.72 Å². The number of imidazole rings is 1. The summed E-state index contributed by atoms with van der Waals surface area (Å²) in [4.78, 5) is 4.63. The molecule has 124 valence electrons. The zero-order chi connectivity index (χ0) is 16.6. The number of para-hydroxylation sites is 1. The lowest BCUT2D eigenvalue weighted by atomic mass is 10.1. The molecule has 1 N–H and O–H groups in total. The van der Waals surface area contributed by atoms with Crippen LogP contribution in [0.2, 0.25) is 0 Å². The molecule has 2 aromatic heterocycles. The Morgan fingerprint density at radius 2 is 2.04 bits per heavy atom. The normalized spacial score (nSPS) is 14.3. The predicted molar refractivity (Wildman–Crippen MR) is 90.1 cm³/mol. The molecule has 6 nitrogen and oxygen atoms in total. The second-order valence-electron chi connectivity index (χ2n) is 5.79. The van der Waals surface area contributed by atoms with Crippen LogP contribution in [0.5, 0.6) is 0 Å². The van der Waals surface area contributed by atoms with Crippen molar-refractivity contribution in [3.8, 4) is 11.4 Å². The summed E-state index contributed by atoms with van der Waals surface area (Å²) in [6, 6.07) is 8.74. The number of fused-ring (bicyclic) bond motifs is 1. The Morgan fingerprint density at radius 1 is 1.17 bits per heavy atom. The maximum absolute atomic E-state index is 12.5. The minimum absolute atomic E-state index is 0.0995. The van der Waals surface area contributed by atoms with Crippen LogP contribution in [0, 0.1) is 0 Å². The van der Waals surface area contributed by atoms with Crippen LogP contribution in [0.25, 0.3) is 11.4 Å². The third-order valence-corrected chi connectivity index (χ3v) is 5.56. The lowest BCUT2D eigenvalue weighted by Crippen LogP contribution is -2.14. The first-order valence-electron chi connectivity index (χ1n) is 7.84. The molecule has 0 amide bonds. The highest BCUT2D eigenvalue weighted by molar-refractivity contribution is 7.92. The van der Waals surface area contributed by atoms with Gasteiger partial charge in [0.1, 0.15) is 17.0 Å². The molecule has 1 aromatic carbocycles. The Morgan fingerprint density at radius 3 is 2.88 bits per heavy atom. The quantitative estimate of drug-likeness (QED) is 0.788. The van der Waals surface area contributed by atoms with Crippen LogP contribution in [-0.4, -0.2) is 18.0 Å². The first kappa shape index (κ1) is 15.0. The summed E-state index contributed by atoms with van der Waals surface area (Å²) in [5.74, 6) is 0.801. The molecule has 1 aliphatic rings. The van der Waals surface area contributed by atoms with Gasteiger partial charge in [-0.05, 0) is 37.5 Å². The molecular formula is C17H17N3O3S. The summed E-state index contributed by atoms with van der Waals surface area (Å²) in [6.07, 6.45) is 7.72. The summed E-state index contributed by atoms with van der Waals surface area (Å²) in [5.41, 5.74) is 2.49. The van der Waals surface area contributed by atoms with Crippen molar-refractivity contribution in [3.63, 3.8) is 0 Å². The number of nitrogens with zero attached hydrogens (tertiary/aromatic N) is 2. The topological polar surface area (TPSA) is 77.1 Å². The molecule has 0 saturated carbocycles. The minimum atomic E-state index is -3.69. The number of hydrogen-bond acceptors (Lipinski definition) is 4. The maximum atomic E-state index is 12.5. The summed E-state index contributed by atoms with van der Waals surface area (Å²) in [5, 5.41) is 0. The van der Waals surface area contributed by atoms with Crippen molar-refractivity contribution in [2.45, 2.75) is 30.7 Å². The van der Waals surface area contributed by atoms with Crippen molar-refractivity contribution in [2.75, 3.05) is 4.72 Å². The Bertz CT molecular complexity index is 959. The Balaban J connectivity index is 1.75. The molecule has 0 spiro atoms. The van der Waals surface area contributed by atoms with E-state index in [2.05, 4.69) is 14.3 Å². The van der Waals surface area contributed by atoms with Crippen LogP contribution in [-0.2, 0) is 23.0 Å². The molecule has 1 aliphatic heterocycles. The van der Waals surface area contributed by atoms with Crippen molar-refractivity contribution >= 4 is 15.7 Å². The van der Waals surface area contributed by atoms with E-state index in [1.54, 1.807) is 12.1 Å². The van der Waals surface area contributed by atoms with E-state index >= 15 is 0 Å². The van der Waals surface area contributed by atoms with Crippen LogP contribution >= 0.6 is 0 Å². The zero-order valence-electron chi connectivity index (χ0n) is 13.0. The van der Waals surface area contributed by atoms with Crippen LogP contribution in [0.15, 0.2) is 58.4 Å². The monoisotopic (exact) mass is 343 g/mol. The molecule has 0 fully saturated rings. The predicted octanol–water partition coefficient (Wildman–Crippen LogP) is 3.28. The average Bonchev–Trinajstić information content (AvgIpc) is 3.25. The molecule has 4 rings (SSSR count). The van der Waals surface area contributed by atoms with Gasteiger partial charge < -0.3 is 8.98 Å². The van der Waals surface area contributed by atoms with Crippen molar-refractivity contribution in [1.82, 2.24) is 9.55 Å². The molecule has 24 heavy (non-hydrogen) atoms. The number of aryl methyl sites for hydroxylation is 1. The fraction of sp³-hybridized carbons (Fsp3) is 0.235. The van der Waals surface area contributed by atoms with E-state index in [4.69, 9.17) is 4.42 Å². The summed E-state index contributed by atoms with van der Waals surface area (Å²) >= 11 is 0. The van der Waals surface area contributed by atoms with Crippen LogP contribution in [0.3, 0.4) is 0 Å². The zero-order valence-corrected chi connectivity index (χ0v) is 13.8. The molecule has 0 saturated heterocycles. The van der Waals surface area contributed by atoms with Gasteiger partial charge in [0.25, 0.3) is 10.0 Å². The van der Waals surface area contributed by atoms with Gasteiger partial charge >= 0.3 is 0 Å². The first-order valence-corrected chi connectivity index (χ1v) is 9.32. The van der Waals surface area contributed by atoms with Gasteiger partial charge in [0.15, 0.2) is 0 Å². The molecule has 0 radical (unpaired) electrons. The standard InChI is InChI=1S/C17H17N3O3S/c21-24(22,14-8-10-23-12-14)19-16-7-2-1-6-15(16)17-18-11-13-5-3-4-9-20(13)17/h1-2,6-8,10-12,19H,3-5,9H2. The number of rotatable bonds is 4. The van der Waals surface area contributed by atoms with Crippen molar-refractivity contribution in [3.05, 3.63) is 54.7 Å². The van der Waals surface area contributed by atoms with Crippen LogP contribution in [0.4, 0.5) is 5.69 Å². The Labute approximate surface area is 140 Å². The van der Waals surface area contributed by atoms with Crippen molar-refractivity contribution < 1.29 is 12.8 Å². The highest BCUT2D eigenvalue weighted by Gasteiger charge is 2.21. The fourth-order valence-electron chi connectivity index (χ4n) is 3.03. The number of aromatic nitrogens is 2. The molecule has 0 bridgehead atoms. The number of sulfonamides is 1.